The Morgan fingerprint density at radius 3 is 2.41 bits per heavy atom. The van der Waals surface area contributed by atoms with Gasteiger partial charge in [-0.15, -0.1) is 16.8 Å². The molecular weight excluding hydrogens is 402 g/mol. The molecule has 32 heavy (non-hydrogen) atoms. The van der Waals surface area contributed by atoms with E-state index in [4.69, 9.17) is 0 Å². The number of carbonyl (C=O) groups excluding carboxylic acids is 1. The van der Waals surface area contributed by atoms with Crippen molar-refractivity contribution in [1.29, 1.82) is 0 Å². The number of benzene rings is 1. The van der Waals surface area contributed by atoms with Crippen LogP contribution < -0.4 is 10.2 Å². The number of likely N-dealkylation sites (tertiary alicyclic amines) is 1. The smallest absolute Gasteiger partial charge is 0.251 e. The number of anilines is 1. The molecule has 1 amide bonds. The largest absolute Gasteiger partial charge is 0.507 e. The van der Waals surface area contributed by atoms with Crippen molar-refractivity contribution in [3.8, 4) is 17.0 Å². The van der Waals surface area contributed by atoms with Gasteiger partial charge in [0.2, 0.25) is 0 Å². The van der Waals surface area contributed by atoms with Gasteiger partial charge in [0.05, 0.1) is 5.69 Å². The number of hydrogen-bond acceptors (Lipinski definition) is 6. The van der Waals surface area contributed by atoms with E-state index in [1.807, 2.05) is 12.1 Å². The van der Waals surface area contributed by atoms with Gasteiger partial charge in [-0.05, 0) is 77.9 Å². The average molecular weight is 438 g/mol. The fraction of sp³-hybridized carbons (Fsp3) is 0.480. The Bertz CT molecular complexity index is 966. The third-order valence-corrected chi connectivity index (χ3v) is 6.79. The number of amides is 1. The zero-order valence-corrected chi connectivity index (χ0v) is 20.0. The molecule has 1 aromatic carbocycles. The van der Waals surface area contributed by atoms with Crippen molar-refractivity contribution in [3.05, 3.63) is 48.6 Å². The fourth-order valence-corrected chi connectivity index (χ4v) is 4.59. The van der Waals surface area contributed by atoms with Crippen LogP contribution in [0, 0.1) is 0 Å². The molecule has 0 saturated carbocycles. The topological polar surface area (TPSA) is 81.6 Å². The quantitative estimate of drug-likeness (QED) is 0.668. The number of aromatic hydroxyl groups is 1. The second-order valence-corrected chi connectivity index (χ2v) is 9.86. The molecule has 0 atom stereocenters. The minimum absolute atomic E-state index is 0.00882. The first kappa shape index (κ1) is 23.7. The Kier molecular flexibility index (Phi) is 6.60. The maximum absolute atomic E-state index is 12.1. The zero-order chi connectivity index (χ0) is 23.7. The van der Waals surface area contributed by atoms with Gasteiger partial charge in [0.15, 0.2) is 5.82 Å². The Labute approximate surface area is 191 Å². The van der Waals surface area contributed by atoms with E-state index < -0.39 is 0 Å². The highest BCUT2D eigenvalue weighted by Gasteiger charge is 2.44. The lowest BCUT2D eigenvalue weighted by molar-refractivity contribution is -0.0120. The van der Waals surface area contributed by atoms with Crippen molar-refractivity contribution in [2.45, 2.75) is 57.7 Å². The van der Waals surface area contributed by atoms with Crippen LogP contribution in [0.15, 0.2) is 43.0 Å². The van der Waals surface area contributed by atoms with Gasteiger partial charge in [-0.3, -0.25) is 9.69 Å². The Hall–Kier alpha value is -2.93. The Morgan fingerprint density at radius 1 is 1.22 bits per heavy atom. The summed E-state index contributed by atoms with van der Waals surface area (Å²) in [6.45, 7) is 13.1. The summed E-state index contributed by atoms with van der Waals surface area (Å²) < 4.78 is 0. The number of phenols is 1. The van der Waals surface area contributed by atoms with Crippen molar-refractivity contribution in [2.24, 2.45) is 0 Å². The molecule has 1 aliphatic rings. The van der Waals surface area contributed by atoms with Gasteiger partial charge in [-0.25, -0.2) is 0 Å². The van der Waals surface area contributed by atoms with Crippen LogP contribution in [0.1, 0.15) is 50.9 Å². The monoisotopic (exact) mass is 437 g/mol. The SMILES string of the molecule is C=CCNC(=O)c1ccc(-c2ccc(N(C)C3CC(C)(C)N(C)C(C)(C)C3)nn2)c(O)c1. The average Bonchev–Trinajstić information content (AvgIpc) is 2.75. The summed E-state index contributed by atoms with van der Waals surface area (Å²) in [5.74, 6) is 0.527. The first-order valence-corrected chi connectivity index (χ1v) is 11.0. The minimum Gasteiger partial charge on any atom is -0.507 e. The molecule has 1 aromatic heterocycles. The number of phenolic OH excluding ortho intramolecular Hbond substituents is 1. The summed E-state index contributed by atoms with van der Waals surface area (Å²) in [6.07, 6.45) is 3.67. The lowest BCUT2D eigenvalue weighted by Gasteiger charge is -2.55. The predicted molar refractivity (Wildman–Crippen MR) is 129 cm³/mol. The number of nitrogens with zero attached hydrogens (tertiary/aromatic N) is 4. The molecule has 1 fully saturated rings. The predicted octanol–water partition coefficient (Wildman–Crippen LogP) is 3.85. The number of aromatic nitrogens is 2. The molecule has 0 unspecified atom stereocenters. The van der Waals surface area contributed by atoms with Crippen LogP contribution in [0.25, 0.3) is 11.3 Å². The van der Waals surface area contributed by atoms with Crippen LogP contribution in [-0.2, 0) is 0 Å². The Morgan fingerprint density at radius 2 is 1.88 bits per heavy atom. The van der Waals surface area contributed by atoms with Crippen LogP contribution in [0.5, 0.6) is 5.75 Å². The molecule has 0 bridgehead atoms. The summed E-state index contributed by atoms with van der Waals surface area (Å²) in [6, 6.07) is 8.93. The van der Waals surface area contributed by atoms with Gasteiger partial charge < -0.3 is 15.3 Å². The summed E-state index contributed by atoms with van der Waals surface area (Å²) in [7, 11) is 4.27. The van der Waals surface area contributed by atoms with Crippen LogP contribution in [0.2, 0.25) is 0 Å². The molecule has 0 radical (unpaired) electrons. The maximum atomic E-state index is 12.1. The number of rotatable bonds is 6. The molecule has 7 heteroatoms. The van der Waals surface area contributed by atoms with E-state index in [1.54, 1.807) is 18.2 Å². The highest BCUT2D eigenvalue weighted by molar-refractivity contribution is 5.95. The van der Waals surface area contributed by atoms with Crippen molar-refractivity contribution in [3.63, 3.8) is 0 Å². The number of piperidine rings is 1. The van der Waals surface area contributed by atoms with E-state index in [-0.39, 0.29) is 22.7 Å². The van der Waals surface area contributed by atoms with E-state index in [1.165, 1.54) is 6.07 Å². The van der Waals surface area contributed by atoms with Crippen molar-refractivity contribution >= 4 is 11.7 Å². The second kappa shape index (κ2) is 8.90. The summed E-state index contributed by atoms with van der Waals surface area (Å²) in [5, 5.41) is 22.0. The highest BCUT2D eigenvalue weighted by Crippen LogP contribution is 2.39. The van der Waals surface area contributed by atoms with E-state index in [9.17, 15) is 9.90 Å². The molecule has 0 spiro atoms. The molecule has 2 heterocycles. The van der Waals surface area contributed by atoms with Gasteiger partial charge >= 0.3 is 0 Å². The summed E-state index contributed by atoms with van der Waals surface area (Å²) in [5.41, 5.74) is 1.64. The van der Waals surface area contributed by atoms with Gasteiger partial charge in [-0.1, -0.05) is 6.08 Å². The third-order valence-electron chi connectivity index (χ3n) is 6.79. The molecule has 2 aromatic rings. The molecule has 2 N–H and O–H groups in total. The number of nitrogens with one attached hydrogen (secondary N) is 1. The number of carbonyl (C=O) groups is 1. The second-order valence-electron chi connectivity index (χ2n) is 9.86. The highest BCUT2D eigenvalue weighted by atomic mass is 16.3. The maximum Gasteiger partial charge on any atom is 0.251 e. The molecule has 3 rings (SSSR count). The van der Waals surface area contributed by atoms with E-state index in [0.717, 1.165) is 18.7 Å². The normalized spacial score (nSPS) is 18.2. The molecule has 7 nitrogen and oxygen atoms in total. The van der Waals surface area contributed by atoms with Crippen molar-refractivity contribution < 1.29 is 9.90 Å². The van der Waals surface area contributed by atoms with Gasteiger partial charge in [0.1, 0.15) is 5.75 Å². The minimum atomic E-state index is -0.265. The molecule has 0 aliphatic carbocycles. The third kappa shape index (κ3) is 4.78. The lowest BCUT2D eigenvalue weighted by Crippen LogP contribution is -2.62. The standard InChI is InChI=1S/C25H35N5O2/c1-8-13-26-23(32)17-9-10-19(21(31)14-17)20-11-12-22(28-27-20)29(6)18-15-24(2,3)30(7)25(4,5)16-18/h8-12,14,18,31H,1,13,15-16H2,2-7H3,(H,26,32). The van der Waals surface area contributed by atoms with E-state index >= 15 is 0 Å². The summed E-state index contributed by atoms with van der Waals surface area (Å²) >= 11 is 0. The Balaban J connectivity index is 1.78. The first-order chi connectivity index (χ1) is 15.0. The first-order valence-electron chi connectivity index (χ1n) is 11.0. The van der Waals surface area contributed by atoms with Gasteiger partial charge in [0.25, 0.3) is 5.91 Å². The van der Waals surface area contributed by atoms with Crippen LogP contribution in [0.3, 0.4) is 0 Å². The number of hydrogen-bond donors (Lipinski definition) is 2. The van der Waals surface area contributed by atoms with Gasteiger partial charge in [0, 0.05) is 41.8 Å². The van der Waals surface area contributed by atoms with Gasteiger partial charge in [-0.2, -0.15) is 0 Å². The lowest BCUT2D eigenvalue weighted by atomic mass is 9.77. The van der Waals surface area contributed by atoms with Crippen molar-refractivity contribution in [2.75, 3.05) is 25.5 Å². The molecule has 1 aliphatic heterocycles. The summed E-state index contributed by atoms with van der Waals surface area (Å²) in [4.78, 5) is 16.7. The zero-order valence-electron chi connectivity index (χ0n) is 20.0. The van der Waals surface area contributed by atoms with Crippen LogP contribution >= 0.6 is 0 Å². The molecule has 172 valence electrons. The van der Waals surface area contributed by atoms with Crippen LogP contribution in [-0.4, -0.2) is 63.9 Å². The fourth-order valence-electron chi connectivity index (χ4n) is 4.59. The van der Waals surface area contributed by atoms with E-state index in [2.05, 4.69) is 73.7 Å². The molecule has 1 saturated heterocycles. The van der Waals surface area contributed by atoms with Crippen LogP contribution in [0.4, 0.5) is 5.82 Å². The van der Waals surface area contributed by atoms with Crippen molar-refractivity contribution in [1.82, 2.24) is 20.4 Å². The molecular formula is C25H35N5O2. The van der Waals surface area contributed by atoms with E-state index in [0.29, 0.717) is 29.4 Å².